The van der Waals surface area contributed by atoms with E-state index < -0.39 is 0 Å². The van der Waals surface area contributed by atoms with E-state index in [0.717, 1.165) is 11.8 Å². The third kappa shape index (κ3) is 2.83. The third-order valence-electron chi connectivity index (χ3n) is 1.70. The van der Waals surface area contributed by atoms with E-state index in [2.05, 4.69) is 0 Å². The minimum Gasteiger partial charge on any atom is -0.377 e. The summed E-state index contributed by atoms with van der Waals surface area (Å²) in [5.74, 6) is 0. The molecule has 2 nitrogen and oxygen atoms in total. The number of benzene rings is 1. The molecule has 0 atom stereocenters. The molecule has 13 heavy (non-hydrogen) atoms. The number of ether oxygens (including phenoxy) is 1. The van der Waals surface area contributed by atoms with Crippen molar-refractivity contribution in [1.82, 2.24) is 0 Å². The molecule has 0 aliphatic rings. The van der Waals surface area contributed by atoms with E-state index in [4.69, 9.17) is 16.3 Å². The Morgan fingerprint density at radius 3 is 2.92 bits per heavy atom. The van der Waals surface area contributed by atoms with Gasteiger partial charge in [0, 0.05) is 17.2 Å². The summed E-state index contributed by atoms with van der Waals surface area (Å²) in [4.78, 5) is 10.6. The predicted octanol–water partition coefficient (Wildman–Crippen LogP) is 2.69. The molecule has 0 radical (unpaired) electrons. The Morgan fingerprint density at radius 2 is 2.31 bits per heavy atom. The second-order valence-electron chi connectivity index (χ2n) is 2.60. The van der Waals surface area contributed by atoms with Gasteiger partial charge in [-0.2, -0.15) is 0 Å². The zero-order valence-corrected chi connectivity index (χ0v) is 8.17. The van der Waals surface area contributed by atoms with Crippen molar-refractivity contribution in [1.29, 1.82) is 0 Å². The van der Waals surface area contributed by atoms with Crippen LogP contribution in [0.15, 0.2) is 18.2 Å². The topological polar surface area (TPSA) is 26.3 Å². The molecule has 0 spiro atoms. The Bertz CT molecular complexity index is 297. The normalized spacial score (nSPS) is 10.0. The van der Waals surface area contributed by atoms with Crippen LogP contribution < -0.4 is 0 Å². The lowest BCUT2D eigenvalue weighted by molar-refractivity contribution is 0.110. The fourth-order valence-corrected chi connectivity index (χ4v) is 1.20. The Labute approximate surface area is 82.5 Å². The summed E-state index contributed by atoms with van der Waals surface area (Å²) in [5.41, 5.74) is 1.47. The van der Waals surface area contributed by atoms with Gasteiger partial charge < -0.3 is 4.74 Å². The number of carbonyl (C=O) groups excluding carboxylic acids is 1. The van der Waals surface area contributed by atoms with Crippen LogP contribution in [-0.4, -0.2) is 12.9 Å². The molecule has 0 saturated heterocycles. The first kappa shape index (κ1) is 10.2. The van der Waals surface area contributed by atoms with E-state index in [1.54, 1.807) is 12.1 Å². The van der Waals surface area contributed by atoms with E-state index in [1.807, 2.05) is 13.0 Å². The first-order valence-electron chi connectivity index (χ1n) is 4.09. The molecule has 0 aromatic heterocycles. The fourth-order valence-electron chi connectivity index (χ4n) is 1.02. The highest BCUT2D eigenvalue weighted by Gasteiger charge is 2.01. The largest absolute Gasteiger partial charge is 0.377 e. The number of hydrogen-bond acceptors (Lipinski definition) is 2. The minimum absolute atomic E-state index is 0.460. The molecule has 1 aromatic carbocycles. The molecule has 1 aromatic rings. The van der Waals surface area contributed by atoms with Gasteiger partial charge in [0.15, 0.2) is 0 Å². The van der Waals surface area contributed by atoms with E-state index in [-0.39, 0.29) is 0 Å². The zero-order valence-electron chi connectivity index (χ0n) is 7.42. The van der Waals surface area contributed by atoms with Gasteiger partial charge in [-0.15, -0.1) is 0 Å². The highest BCUT2D eigenvalue weighted by molar-refractivity contribution is 6.30. The highest BCUT2D eigenvalue weighted by atomic mass is 35.5. The Morgan fingerprint density at radius 1 is 1.54 bits per heavy atom. The van der Waals surface area contributed by atoms with Gasteiger partial charge in [-0.05, 0) is 24.6 Å². The Hall–Kier alpha value is -0.860. The van der Waals surface area contributed by atoms with Gasteiger partial charge in [-0.1, -0.05) is 17.7 Å². The molecular formula is C10H11ClO2. The molecule has 0 saturated carbocycles. The number of hydrogen-bond donors (Lipinski definition) is 0. The molecule has 0 aliphatic carbocycles. The second kappa shape index (κ2) is 5.00. The summed E-state index contributed by atoms with van der Waals surface area (Å²) < 4.78 is 5.20. The second-order valence-corrected chi connectivity index (χ2v) is 3.03. The maximum Gasteiger partial charge on any atom is 0.150 e. The quantitative estimate of drug-likeness (QED) is 0.696. The average molecular weight is 199 g/mol. The monoisotopic (exact) mass is 198 g/mol. The number of aldehydes is 1. The van der Waals surface area contributed by atoms with Crippen molar-refractivity contribution in [3.05, 3.63) is 34.3 Å². The first-order chi connectivity index (χ1) is 6.27. The van der Waals surface area contributed by atoms with E-state index in [9.17, 15) is 4.79 Å². The Kier molecular flexibility index (Phi) is 3.93. The van der Waals surface area contributed by atoms with Crippen LogP contribution in [0.3, 0.4) is 0 Å². The molecule has 0 amide bonds. The lowest BCUT2D eigenvalue weighted by Gasteiger charge is -2.04. The molecule has 0 unspecified atom stereocenters. The molecule has 0 aliphatic heterocycles. The number of carbonyl (C=O) groups is 1. The summed E-state index contributed by atoms with van der Waals surface area (Å²) >= 11 is 5.73. The van der Waals surface area contributed by atoms with Crippen molar-refractivity contribution in [3.8, 4) is 0 Å². The Balaban J connectivity index is 2.86. The summed E-state index contributed by atoms with van der Waals surface area (Å²) in [6.07, 6.45) is 0.792. The van der Waals surface area contributed by atoms with Gasteiger partial charge in [0.1, 0.15) is 6.29 Å². The predicted molar refractivity (Wildman–Crippen MR) is 52.2 cm³/mol. The molecule has 0 fully saturated rings. The van der Waals surface area contributed by atoms with Gasteiger partial charge >= 0.3 is 0 Å². The number of rotatable bonds is 4. The van der Waals surface area contributed by atoms with Crippen LogP contribution in [0.2, 0.25) is 5.02 Å². The van der Waals surface area contributed by atoms with Crippen molar-refractivity contribution < 1.29 is 9.53 Å². The SMILES string of the molecule is CCOCc1ccc(Cl)cc1C=O. The van der Waals surface area contributed by atoms with Crippen LogP contribution in [0.25, 0.3) is 0 Å². The molecular weight excluding hydrogens is 188 g/mol. The third-order valence-corrected chi connectivity index (χ3v) is 1.93. The van der Waals surface area contributed by atoms with Gasteiger partial charge in [0.05, 0.1) is 6.61 Å². The minimum atomic E-state index is 0.460. The molecule has 1 rings (SSSR count). The number of halogens is 1. The summed E-state index contributed by atoms with van der Waals surface area (Å²) in [6, 6.07) is 5.20. The van der Waals surface area contributed by atoms with Gasteiger partial charge in [-0.25, -0.2) is 0 Å². The maximum atomic E-state index is 10.6. The fraction of sp³-hybridized carbons (Fsp3) is 0.300. The molecule has 0 N–H and O–H groups in total. The lowest BCUT2D eigenvalue weighted by Crippen LogP contribution is -1.96. The van der Waals surface area contributed by atoms with Crippen LogP contribution in [0, 0.1) is 0 Å². The van der Waals surface area contributed by atoms with Crippen LogP contribution in [0.4, 0.5) is 0 Å². The van der Waals surface area contributed by atoms with Gasteiger partial charge in [-0.3, -0.25) is 4.79 Å². The van der Waals surface area contributed by atoms with Gasteiger partial charge in [0.2, 0.25) is 0 Å². The van der Waals surface area contributed by atoms with Crippen LogP contribution in [0.5, 0.6) is 0 Å². The van der Waals surface area contributed by atoms with E-state index in [1.165, 1.54) is 0 Å². The average Bonchev–Trinajstić information content (AvgIpc) is 2.16. The molecule has 70 valence electrons. The summed E-state index contributed by atoms with van der Waals surface area (Å²) in [7, 11) is 0. The molecule has 0 bridgehead atoms. The van der Waals surface area contributed by atoms with Crippen molar-refractivity contribution >= 4 is 17.9 Å². The maximum absolute atomic E-state index is 10.6. The van der Waals surface area contributed by atoms with E-state index in [0.29, 0.717) is 23.8 Å². The highest BCUT2D eigenvalue weighted by Crippen LogP contribution is 2.15. The molecule has 3 heteroatoms. The molecule has 0 heterocycles. The van der Waals surface area contributed by atoms with E-state index >= 15 is 0 Å². The van der Waals surface area contributed by atoms with Crippen molar-refractivity contribution in [2.75, 3.05) is 6.61 Å². The van der Waals surface area contributed by atoms with Crippen LogP contribution in [0.1, 0.15) is 22.8 Å². The zero-order chi connectivity index (χ0) is 9.68. The lowest BCUT2D eigenvalue weighted by atomic mass is 10.1. The summed E-state index contributed by atoms with van der Waals surface area (Å²) in [5, 5.41) is 0.572. The standard InChI is InChI=1S/C10H11ClO2/c1-2-13-7-8-3-4-10(11)5-9(8)6-12/h3-6H,2,7H2,1H3. The van der Waals surface area contributed by atoms with Crippen molar-refractivity contribution in [3.63, 3.8) is 0 Å². The van der Waals surface area contributed by atoms with Crippen molar-refractivity contribution in [2.24, 2.45) is 0 Å². The smallest absolute Gasteiger partial charge is 0.150 e. The van der Waals surface area contributed by atoms with Crippen molar-refractivity contribution in [2.45, 2.75) is 13.5 Å². The summed E-state index contributed by atoms with van der Waals surface area (Å²) in [6.45, 7) is 3.01. The van der Waals surface area contributed by atoms with Crippen LogP contribution in [-0.2, 0) is 11.3 Å². The van der Waals surface area contributed by atoms with Gasteiger partial charge in [0.25, 0.3) is 0 Å². The van der Waals surface area contributed by atoms with Crippen LogP contribution >= 0.6 is 11.6 Å². The first-order valence-corrected chi connectivity index (χ1v) is 4.47.